The molecule has 0 atom stereocenters. The van der Waals surface area contributed by atoms with Crippen LogP contribution in [0.5, 0.6) is 11.5 Å². The van der Waals surface area contributed by atoms with Crippen LogP contribution in [0.25, 0.3) is 0 Å². The quantitative estimate of drug-likeness (QED) is 0.785. The molecule has 0 aliphatic carbocycles. The van der Waals surface area contributed by atoms with E-state index in [1.165, 1.54) is 11.1 Å². The molecule has 2 N–H and O–H groups in total. The van der Waals surface area contributed by atoms with Crippen LogP contribution in [0.2, 0.25) is 10.0 Å². The molecular formula is C17H19Cl2NO. The Balaban J connectivity index is 2.41. The molecule has 0 aliphatic heterocycles. The molecule has 0 heterocycles. The molecule has 4 heteroatoms. The Morgan fingerprint density at radius 1 is 1.14 bits per heavy atom. The van der Waals surface area contributed by atoms with Crippen molar-refractivity contribution in [2.45, 2.75) is 33.2 Å². The van der Waals surface area contributed by atoms with Crippen molar-refractivity contribution in [3.63, 3.8) is 0 Å². The predicted molar refractivity (Wildman–Crippen MR) is 89.7 cm³/mol. The van der Waals surface area contributed by atoms with E-state index < -0.39 is 0 Å². The molecule has 0 unspecified atom stereocenters. The molecule has 2 aromatic carbocycles. The molecule has 0 aliphatic rings. The lowest BCUT2D eigenvalue weighted by molar-refractivity contribution is 0.481. The van der Waals surface area contributed by atoms with Gasteiger partial charge < -0.3 is 10.5 Å². The number of hydrogen-bond donors (Lipinski definition) is 1. The normalized spacial score (nSPS) is 11.0. The molecule has 0 radical (unpaired) electrons. The zero-order valence-corrected chi connectivity index (χ0v) is 13.9. The summed E-state index contributed by atoms with van der Waals surface area (Å²) < 4.78 is 5.91. The minimum Gasteiger partial charge on any atom is -0.454 e. The van der Waals surface area contributed by atoms with E-state index in [1.807, 2.05) is 24.3 Å². The van der Waals surface area contributed by atoms with Gasteiger partial charge in [0, 0.05) is 6.54 Å². The number of nitrogens with two attached hydrogens (primary N) is 1. The van der Waals surface area contributed by atoms with Crippen molar-refractivity contribution < 1.29 is 4.74 Å². The molecule has 0 bridgehead atoms. The molecule has 2 rings (SSSR count). The van der Waals surface area contributed by atoms with Gasteiger partial charge in [0.1, 0.15) is 5.75 Å². The number of halogens is 2. The SMILES string of the molecule is Cc1ccc(Oc2c(Cl)ccc(CN)c2Cl)cc1C(C)C. The van der Waals surface area contributed by atoms with E-state index in [1.54, 1.807) is 6.07 Å². The summed E-state index contributed by atoms with van der Waals surface area (Å²) in [6, 6.07) is 9.55. The van der Waals surface area contributed by atoms with Gasteiger partial charge in [-0.05, 0) is 47.7 Å². The molecule has 0 aromatic heterocycles. The summed E-state index contributed by atoms with van der Waals surface area (Å²) in [5, 5.41) is 0.945. The lowest BCUT2D eigenvalue weighted by atomic mass is 9.98. The Morgan fingerprint density at radius 3 is 2.48 bits per heavy atom. The Bertz CT molecular complexity index is 653. The second-order valence-corrected chi connectivity index (χ2v) is 6.11. The first kappa shape index (κ1) is 16.2. The monoisotopic (exact) mass is 323 g/mol. The molecule has 112 valence electrons. The van der Waals surface area contributed by atoms with Gasteiger partial charge in [-0.15, -0.1) is 0 Å². The Labute approximate surface area is 135 Å². The van der Waals surface area contributed by atoms with Crippen molar-refractivity contribution >= 4 is 23.2 Å². The highest BCUT2D eigenvalue weighted by Crippen LogP contribution is 2.39. The van der Waals surface area contributed by atoms with Gasteiger partial charge in [-0.3, -0.25) is 0 Å². The second kappa shape index (κ2) is 6.69. The van der Waals surface area contributed by atoms with Crippen molar-refractivity contribution in [1.29, 1.82) is 0 Å². The summed E-state index contributed by atoms with van der Waals surface area (Å²) in [6.45, 7) is 6.74. The van der Waals surface area contributed by atoms with Crippen LogP contribution in [0, 0.1) is 6.92 Å². The van der Waals surface area contributed by atoms with Crippen molar-refractivity contribution in [2.75, 3.05) is 0 Å². The zero-order valence-electron chi connectivity index (χ0n) is 12.4. The summed E-state index contributed by atoms with van der Waals surface area (Å²) in [5.74, 6) is 1.61. The van der Waals surface area contributed by atoms with Crippen LogP contribution < -0.4 is 10.5 Å². The standard InChI is InChI=1S/C17H19Cl2NO/c1-10(2)14-8-13(6-4-11(14)3)21-17-15(18)7-5-12(9-20)16(17)19/h4-8,10H,9,20H2,1-3H3. The van der Waals surface area contributed by atoms with Gasteiger partial charge >= 0.3 is 0 Å². The summed E-state index contributed by atoms with van der Waals surface area (Å²) in [7, 11) is 0. The fourth-order valence-corrected chi connectivity index (χ4v) is 2.77. The van der Waals surface area contributed by atoms with Crippen LogP contribution in [0.4, 0.5) is 0 Å². The number of benzene rings is 2. The summed E-state index contributed by atoms with van der Waals surface area (Å²) in [5.41, 5.74) is 8.96. The molecule has 0 fully saturated rings. The van der Waals surface area contributed by atoms with Gasteiger partial charge in [0.05, 0.1) is 10.0 Å². The molecule has 0 saturated heterocycles. The fraction of sp³-hybridized carbons (Fsp3) is 0.294. The Kier molecular flexibility index (Phi) is 5.15. The fourth-order valence-electron chi connectivity index (χ4n) is 2.25. The van der Waals surface area contributed by atoms with Crippen molar-refractivity contribution in [1.82, 2.24) is 0 Å². The third-order valence-electron chi connectivity index (χ3n) is 3.44. The summed E-state index contributed by atoms with van der Waals surface area (Å²) >= 11 is 12.5. The predicted octanol–water partition coefficient (Wildman–Crippen LogP) is 5.68. The average Bonchev–Trinajstić information content (AvgIpc) is 2.45. The third-order valence-corrected chi connectivity index (χ3v) is 4.15. The first-order chi connectivity index (χ1) is 9.93. The first-order valence-corrected chi connectivity index (χ1v) is 7.65. The van der Waals surface area contributed by atoms with E-state index in [9.17, 15) is 0 Å². The van der Waals surface area contributed by atoms with E-state index in [2.05, 4.69) is 20.8 Å². The maximum absolute atomic E-state index is 6.31. The minimum atomic E-state index is 0.345. The zero-order chi connectivity index (χ0) is 15.6. The van der Waals surface area contributed by atoms with Crippen LogP contribution in [-0.4, -0.2) is 0 Å². The smallest absolute Gasteiger partial charge is 0.164 e. The molecular weight excluding hydrogens is 305 g/mol. The highest BCUT2D eigenvalue weighted by Gasteiger charge is 2.13. The van der Waals surface area contributed by atoms with Gasteiger partial charge in [0.2, 0.25) is 0 Å². The topological polar surface area (TPSA) is 35.2 Å². The van der Waals surface area contributed by atoms with Crippen molar-refractivity contribution in [3.8, 4) is 11.5 Å². The van der Waals surface area contributed by atoms with Crippen LogP contribution in [0.3, 0.4) is 0 Å². The maximum atomic E-state index is 6.31. The second-order valence-electron chi connectivity index (χ2n) is 5.33. The molecule has 2 nitrogen and oxygen atoms in total. The van der Waals surface area contributed by atoms with Crippen LogP contribution >= 0.6 is 23.2 Å². The average molecular weight is 324 g/mol. The van der Waals surface area contributed by atoms with E-state index in [0.717, 1.165) is 11.3 Å². The molecule has 0 amide bonds. The minimum absolute atomic E-state index is 0.345. The van der Waals surface area contributed by atoms with E-state index in [4.69, 9.17) is 33.7 Å². The van der Waals surface area contributed by atoms with Crippen molar-refractivity contribution in [3.05, 3.63) is 57.1 Å². The van der Waals surface area contributed by atoms with E-state index in [0.29, 0.717) is 28.3 Å². The van der Waals surface area contributed by atoms with E-state index in [-0.39, 0.29) is 0 Å². The highest BCUT2D eigenvalue weighted by molar-refractivity contribution is 6.37. The largest absolute Gasteiger partial charge is 0.454 e. The maximum Gasteiger partial charge on any atom is 0.164 e. The van der Waals surface area contributed by atoms with Gasteiger partial charge in [-0.25, -0.2) is 0 Å². The molecule has 0 spiro atoms. The van der Waals surface area contributed by atoms with Crippen LogP contribution in [0.1, 0.15) is 36.5 Å². The van der Waals surface area contributed by atoms with Crippen molar-refractivity contribution in [2.24, 2.45) is 5.73 Å². The van der Waals surface area contributed by atoms with Gasteiger partial charge in [-0.1, -0.05) is 49.2 Å². The van der Waals surface area contributed by atoms with Gasteiger partial charge in [0.25, 0.3) is 0 Å². The number of rotatable bonds is 4. The Hall–Kier alpha value is -1.22. The summed E-state index contributed by atoms with van der Waals surface area (Å²) in [6.07, 6.45) is 0. The van der Waals surface area contributed by atoms with Crippen LogP contribution in [-0.2, 0) is 6.54 Å². The number of hydrogen-bond acceptors (Lipinski definition) is 2. The molecule has 0 saturated carbocycles. The third kappa shape index (κ3) is 3.52. The highest BCUT2D eigenvalue weighted by atomic mass is 35.5. The molecule has 21 heavy (non-hydrogen) atoms. The first-order valence-electron chi connectivity index (χ1n) is 6.89. The summed E-state index contributed by atoms with van der Waals surface area (Å²) in [4.78, 5) is 0. The molecule has 2 aromatic rings. The van der Waals surface area contributed by atoms with Gasteiger partial charge in [0.15, 0.2) is 5.75 Å². The lowest BCUT2D eigenvalue weighted by Crippen LogP contribution is -1.99. The van der Waals surface area contributed by atoms with Crippen LogP contribution in [0.15, 0.2) is 30.3 Å². The van der Waals surface area contributed by atoms with E-state index >= 15 is 0 Å². The lowest BCUT2D eigenvalue weighted by Gasteiger charge is -2.15. The number of ether oxygens (including phenoxy) is 1. The Morgan fingerprint density at radius 2 is 1.86 bits per heavy atom. The van der Waals surface area contributed by atoms with Gasteiger partial charge in [-0.2, -0.15) is 0 Å². The number of aryl methyl sites for hydroxylation is 1.